The van der Waals surface area contributed by atoms with Gasteiger partial charge in [0.2, 0.25) is 11.8 Å². The van der Waals surface area contributed by atoms with Gasteiger partial charge in [0, 0.05) is 27.1 Å². The molecule has 3 atom stereocenters. The number of H-pyrrole nitrogens is 1. The van der Waals surface area contributed by atoms with E-state index in [-0.39, 0.29) is 22.1 Å². The number of carbonyl (C=O) groups is 3. The predicted molar refractivity (Wildman–Crippen MR) is 158 cm³/mol. The van der Waals surface area contributed by atoms with Gasteiger partial charge in [-0.15, -0.1) is 0 Å². The fourth-order valence-corrected chi connectivity index (χ4v) is 7.96. The summed E-state index contributed by atoms with van der Waals surface area (Å²) in [4.78, 5) is 55.9. The van der Waals surface area contributed by atoms with Gasteiger partial charge >= 0.3 is 11.0 Å². The summed E-state index contributed by atoms with van der Waals surface area (Å²) in [6.45, 7) is -0.487. The number of ether oxygens (including phenoxy) is 1. The number of hydrogen-bond acceptors (Lipinski definition) is 8. The molecule has 0 bridgehead atoms. The molecule has 3 amide bonds. The number of phenolic OH excluding ortho intramolecular Hbond substituents is 1. The number of rotatable bonds is 6. The SMILES string of the molecule is O=C(COc1ccc(Cl)cc1[C@H]1c2sc(=O)[nH]c2SC2C(=O)N(c3ccccc3C(F)(F)F)C(=O)C21)Nc1ccc(O)cc1. The molecule has 4 aromatic rings. The number of alkyl halides is 3. The van der Waals surface area contributed by atoms with Gasteiger partial charge in [0.1, 0.15) is 16.7 Å². The summed E-state index contributed by atoms with van der Waals surface area (Å²) >= 11 is 8.05. The van der Waals surface area contributed by atoms with Crippen molar-refractivity contribution in [3.63, 3.8) is 0 Å². The van der Waals surface area contributed by atoms with Gasteiger partial charge in [0.15, 0.2) is 6.61 Å². The molecular weight excluding hydrogens is 643 g/mol. The van der Waals surface area contributed by atoms with Crippen molar-refractivity contribution in [1.82, 2.24) is 4.98 Å². The Morgan fingerprint density at radius 3 is 2.50 bits per heavy atom. The maximum Gasteiger partial charge on any atom is 0.418 e. The molecule has 2 aliphatic heterocycles. The Labute approximate surface area is 259 Å². The Morgan fingerprint density at radius 2 is 1.77 bits per heavy atom. The van der Waals surface area contributed by atoms with E-state index in [0.717, 1.165) is 41.3 Å². The summed E-state index contributed by atoms with van der Waals surface area (Å²) in [7, 11) is 0. The van der Waals surface area contributed by atoms with Crippen LogP contribution in [0.1, 0.15) is 21.9 Å². The average molecular weight is 662 g/mol. The predicted octanol–water partition coefficient (Wildman–Crippen LogP) is 5.63. The van der Waals surface area contributed by atoms with Crippen molar-refractivity contribution in [3.05, 3.63) is 97.4 Å². The smallest absolute Gasteiger partial charge is 0.418 e. The Bertz CT molecular complexity index is 1860. The second-order valence-electron chi connectivity index (χ2n) is 9.84. The first-order valence-corrected chi connectivity index (χ1v) is 14.9. The van der Waals surface area contributed by atoms with E-state index in [1.54, 1.807) is 0 Å². The van der Waals surface area contributed by atoms with Gasteiger partial charge in [-0.3, -0.25) is 19.2 Å². The van der Waals surface area contributed by atoms with E-state index in [9.17, 15) is 37.5 Å². The molecule has 44 heavy (non-hydrogen) atoms. The van der Waals surface area contributed by atoms with Gasteiger partial charge in [-0.1, -0.05) is 46.8 Å². The summed E-state index contributed by atoms with van der Waals surface area (Å²) in [6, 6.07) is 14.5. The van der Waals surface area contributed by atoms with Gasteiger partial charge in [-0.05, 0) is 54.6 Å². The van der Waals surface area contributed by atoms with Crippen LogP contribution in [0.4, 0.5) is 24.5 Å². The summed E-state index contributed by atoms with van der Waals surface area (Å²) < 4.78 is 47.6. The Hall–Kier alpha value is -4.27. The molecule has 3 N–H and O–H groups in total. The molecule has 0 radical (unpaired) electrons. The van der Waals surface area contributed by atoms with Crippen LogP contribution in [0.3, 0.4) is 0 Å². The first-order chi connectivity index (χ1) is 20.9. The summed E-state index contributed by atoms with van der Waals surface area (Å²) in [5.41, 5.74) is -1.06. The van der Waals surface area contributed by atoms with Crippen LogP contribution >= 0.6 is 34.7 Å². The normalized spacial score (nSPS) is 19.5. The minimum absolute atomic E-state index is 0.0147. The number of para-hydroxylation sites is 1. The molecule has 2 unspecified atom stereocenters. The minimum atomic E-state index is -4.84. The number of benzene rings is 3. The number of imide groups is 1. The van der Waals surface area contributed by atoms with Gasteiger partial charge in [-0.2, -0.15) is 13.2 Å². The fourth-order valence-electron chi connectivity index (χ4n) is 5.28. The lowest BCUT2D eigenvalue weighted by Gasteiger charge is -2.31. The van der Waals surface area contributed by atoms with Crippen LogP contribution < -0.4 is 19.8 Å². The molecule has 15 heteroatoms. The highest BCUT2D eigenvalue weighted by molar-refractivity contribution is 8.00. The first-order valence-electron chi connectivity index (χ1n) is 12.9. The molecule has 0 aliphatic carbocycles. The van der Waals surface area contributed by atoms with Gasteiger partial charge in [0.25, 0.3) is 5.91 Å². The molecule has 1 saturated heterocycles. The summed E-state index contributed by atoms with van der Waals surface area (Å²) in [6.07, 6.45) is -4.84. The number of fused-ring (bicyclic) bond motifs is 2. The van der Waals surface area contributed by atoms with Crippen molar-refractivity contribution in [2.24, 2.45) is 5.92 Å². The molecule has 6 rings (SSSR count). The third-order valence-corrected chi connectivity index (χ3v) is 9.73. The highest BCUT2D eigenvalue weighted by atomic mass is 35.5. The highest BCUT2D eigenvalue weighted by Gasteiger charge is 2.57. The number of thioether (sulfide) groups is 1. The monoisotopic (exact) mass is 661 g/mol. The highest BCUT2D eigenvalue weighted by Crippen LogP contribution is 2.55. The van der Waals surface area contributed by atoms with Crippen LogP contribution in [0, 0.1) is 5.92 Å². The molecule has 0 saturated carbocycles. The van der Waals surface area contributed by atoms with E-state index in [2.05, 4.69) is 10.3 Å². The van der Waals surface area contributed by atoms with E-state index in [4.69, 9.17) is 16.3 Å². The zero-order valence-corrected chi connectivity index (χ0v) is 24.4. The van der Waals surface area contributed by atoms with E-state index in [1.165, 1.54) is 48.5 Å². The number of amides is 3. The number of phenols is 1. The Kier molecular flexibility index (Phi) is 7.68. The molecular formula is C29H19ClF3N3O6S2. The first kappa shape index (κ1) is 29.8. The van der Waals surface area contributed by atoms with Crippen LogP contribution in [-0.2, 0) is 20.6 Å². The largest absolute Gasteiger partial charge is 0.508 e. The number of carbonyl (C=O) groups excluding carboxylic acids is 3. The number of halogens is 4. The van der Waals surface area contributed by atoms with E-state index < -0.39 is 63.7 Å². The van der Waals surface area contributed by atoms with Crippen molar-refractivity contribution in [1.29, 1.82) is 0 Å². The van der Waals surface area contributed by atoms with E-state index >= 15 is 0 Å². The zero-order valence-electron chi connectivity index (χ0n) is 22.1. The summed E-state index contributed by atoms with van der Waals surface area (Å²) in [5, 5.41) is 11.4. The van der Waals surface area contributed by atoms with E-state index in [1.807, 2.05) is 0 Å². The van der Waals surface area contributed by atoms with E-state index in [0.29, 0.717) is 20.5 Å². The molecule has 3 aromatic carbocycles. The molecule has 226 valence electrons. The van der Waals surface area contributed by atoms with Gasteiger partial charge in [0.05, 0.1) is 22.2 Å². The zero-order chi connectivity index (χ0) is 31.3. The number of nitrogens with one attached hydrogen (secondary N) is 2. The standard InChI is InChI=1S/C29H19ClF3N3O6S2/c30-13-5-10-19(42-12-20(38)34-14-6-8-15(37)9-7-14)16(11-13)21-22-24(43-25-23(21)44-28(41)35-25)27(40)36(26(22)39)18-4-2-1-3-17(18)29(31,32)33/h1-11,21-22,24,37H,12H2,(H,34,38)(H,35,41)/t21-,22?,24?/m1/s1. The van der Waals surface area contributed by atoms with Crippen molar-refractivity contribution in [2.45, 2.75) is 22.4 Å². The third-order valence-electron chi connectivity index (χ3n) is 7.09. The molecule has 1 aromatic heterocycles. The number of nitrogens with zero attached hydrogens (tertiary/aromatic N) is 1. The Morgan fingerprint density at radius 1 is 1.05 bits per heavy atom. The topological polar surface area (TPSA) is 129 Å². The molecule has 9 nitrogen and oxygen atoms in total. The molecule has 3 heterocycles. The quantitative estimate of drug-likeness (QED) is 0.181. The van der Waals surface area contributed by atoms with Crippen LogP contribution in [0.25, 0.3) is 0 Å². The second-order valence-corrected chi connectivity index (χ2v) is 12.4. The maximum atomic E-state index is 14.0. The minimum Gasteiger partial charge on any atom is -0.508 e. The lowest BCUT2D eigenvalue weighted by molar-refractivity contribution is -0.137. The van der Waals surface area contributed by atoms with Gasteiger partial charge in [-0.25, -0.2) is 4.90 Å². The van der Waals surface area contributed by atoms with Crippen molar-refractivity contribution in [2.75, 3.05) is 16.8 Å². The number of hydrogen-bond donors (Lipinski definition) is 3. The maximum absolute atomic E-state index is 14.0. The lowest BCUT2D eigenvalue weighted by Crippen LogP contribution is -2.33. The van der Waals surface area contributed by atoms with Crippen LogP contribution in [0.2, 0.25) is 5.02 Å². The number of thiazole rings is 1. The lowest BCUT2D eigenvalue weighted by atomic mass is 9.82. The number of anilines is 2. The van der Waals surface area contributed by atoms with Crippen molar-refractivity contribution >= 4 is 63.8 Å². The third kappa shape index (κ3) is 5.44. The molecule has 0 spiro atoms. The second kappa shape index (κ2) is 11.3. The van der Waals surface area contributed by atoms with Crippen LogP contribution in [0.5, 0.6) is 11.5 Å². The molecule has 1 fully saturated rings. The average Bonchev–Trinajstić information content (AvgIpc) is 3.47. The number of aromatic nitrogens is 1. The summed E-state index contributed by atoms with van der Waals surface area (Å²) in [5.74, 6) is -4.40. The van der Waals surface area contributed by atoms with Crippen molar-refractivity contribution < 1.29 is 37.4 Å². The Balaban J connectivity index is 1.38. The molecule has 2 aliphatic rings. The fraction of sp³-hybridized carbons (Fsp3) is 0.172. The van der Waals surface area contributed by atoms with Crippen molar-refractivity contribution in [3.8, 4) is 11.5 Å². The van der Waals surface area contributed by atoms with Crippen LogP contribution in [0.15, 0.2) is 76.6 Å². The van der Waals surface area contributed by atoms with Crippen LogP contribution in [-0.4, -0.2) is 39.7 Å². The van der Waals surface area contributed by atoms with Gasteiger partial charge < -0.3 is 20.1 Å². The number of aromatic amines is 1. The number of aromatic hydroxyl groups is 1.